The van der Waals surface area contributed by atoms with Gasteiger partial charge in [0.05, 0.1) is 6.54 Å². The van der Waals surface area contributed by atoms with Gasteiger partial charge in [-0.25, -0.2) is 4.79 Å². The van der Waals surface area contributed by atoms with Gasteiger partial charge in [-0.2, -0.15) is 0 Å². The Labute approximate surface area is 180 Å². The summed E-state index contributed by atoms with van der Waals surface area (Å²) in [6.07, 6.45) is 3.93. The SMILES string of the molecule is CCCCN(Cc1cccn1C)C(=O)CN(C(=O)Nc1cccc(C)c1C)C(C)C. The molecule has 0 spiro atoms. The van der Waals surface area contributed by atoms with Crippen LogP contribution in [0.1, 0.15) is 50.4 Å². The quantitative estimate of drug-likeness (QED) is 0.648. The van der Waals surface area contributed by atoms with Crippen LogP contribution in [-0.4, -0.2) is 45.4 Å². The molecule has 0 radical (unpaired) electrons. The van der Waals surface area contributed by atoms with Crippen LogP contribution in [0.3, 0.4) is 0 Å². The molecule has 6 nitrogen and oxygen atoms in total. The van der Waals surface area contributed by atoms with Crippen molar-refractivity contribution in [2.45, 2.75) is 60.0 Å². The molecule has 0 fully saturated rings. The first-order valence-electron chi connectivity index (χ1n) is 10.8. The molecule has 1 N–H and O–H groups in total. The third-order valence-corrected chi connectivity index (χ3v) is 5.57. The van der Waals surface area contributed by atoms with E-state index < -0.39 is 0 Å². The molecular formula is C24H36N4O2. The Hall–Kier alpha value is -2.76. The van der Waals surface area contributed by atoms with Crippen LogP contribution in [0, 0.1) is 13.8 Å². The number of rotatable bonds is 9. The molecule has 0 atom stereocenters. The van der Waals surface area contributed by atoms with Gasteiger partial charge in [0.25, 0.3) is 0 Å². The second kappa shape index (κ2) is 10.9. The minimum Gasteiger partial charge on any atom is -0.353 e. The van der Waals surface area contributed by atoms with Gasteiger partial charge in [-0.1, -0.05) is 25.5 Å². The molecule has 2 rings (SSSR count). The molecule has 0 unspecified atom stereocenters. The number of urea groups is 1. The first-order chi connectivity index (χ1) is 14.2. The van der Waals surface area contributed by atoms with Gasteiger partial charge >= 0.3 is 6.03 Å². The molecule has 0 saturated heterocycles. The highest BCUT2D eigenvalue weighted by Gasteiger charge is 2.24. The summed E-state index contributed by atoms with van der Waals surface area (Å²) in [4.78, 5) is 29.6. The number of hydrogen-bond donors (Lipinski definition) is 1. The van der Waals surface area contributed by atoms with Crippen LogP contribution in [0.25, 0.3) is 0 Å². The molecule has 1 heterocycles. The molecule has 1 aromatic carbocycles. The Morgan fingerprint density at radius 2 is 1.87 bits per heavy atom. The number of hydrogen-bond acceptors (Lipinski definition) is 2. The summed E-state index contributed by atoms with van der Waals surface area (Å²) >= 11 is 0. The van der Waals surface area contributed by atoms with E-state index in [1.54, 1.807) is 4.90 Å². The zero-order valence-electron chi connectivity index (χ0n) is 19.2. The number of carbonyl (C=O) groups excluding carboxylic acids is 2. The van der Waals surface area contributed by atoms with Gasteiger partial charge in [-0.15, -0.1) is 0 Å². The highest BCUT2D eigenvalue weighted by atomic mass is 16.2. The fourth-order valence-electron chi connectivity index (χ4n) is 3.31. The average molecular weight is 413 g/mol. The van der Waals surface area contributed by atoms with Gasteiger partial charge in [0, 0.05) is 37.2 Å². The van der Waals surface area contributed by atoms with E-state index in [4.69, 9.17) is 0 Å². The van der Waals surface area contributed by atoms with E-state index in [0.29, 0.717) is 13.1 Å². The summed E-state index contributed by atoms with van der Waals surface area (Å²) in [5.74, 6) is -0.0329. The summed E-state index contributed by atoms with van der Waals surface area (Å²) in [6.45, 7) is 11.3. The molecular weight excluding hydrogens is 376 g/mol. The van der Waals surface area contributed by atoms with E-state index >= 15 is 0 Å². The van der Waals surface area contributed by atoms with Crippen molar-refractivity contribution in [1.82, 2.24) is 14.4 Å². The number of unbranched alkanes of at least 4 members (excludes halogenated alkanes) is 1. The second-order valence-corrected chi connectivity index (χ2v) is 8.18. The normalized spacial score (nSPS) is 10.9. The Morgan fingerprint density at radius 3 is 2.47 bits per heavy atom. The van der Waals surface area contributed by atoms with E-state index in [2.05, 4.69) is 12.2 Å². The number of aryl methyl sites for hydroxylation is 2. The van der Waals surface area contributed by atoms with Crippen molar-refractivity contribution < 1.29 is 9.59 Å². The highest BCUT2D eigenvalue weighted by molar-refractivity contribution is 5.93. The predicted molar refractivity (Wildman–Crippen MR) is 123 cm³/mol. The topological polar surface area (TPSA) is 57.6 Å². The van der Waals surface area contributed by atoms with Crippen LogP contribution in [-0.2, 0) is 18.4 Å². The Kier molecular flexibility index (Phi) is 8.51. The number of carbonyl (C=O) groups is 2. The largest absolute Gasteiger partial charge is 0.353 e. The maximum absolute atomic E-state index is 13.2. The first-order valence-corrected chi connectivity index (χ1v) is 10.8. The average Bonchev–Trinajstić information content (AvgIpc) is 3.10. The lowest BCUT2D eigenvalue weighted by atomic mass is 10.1. The molecule has 0 saturated carbocycles. The Bertz CT molecular complexity index is 857. The van der Waals surface area contributed by atoms with Crippen molar-refractivity contribution in [2.24, 2.45) is 7.05 Å². The van der Waals surface area contributed by atoms with Crippen molar-refractivity contribution >= 4 is 17.6 Å². The number of benzene rings is 1. The standard InChI is InChI=1S/C24H36N4O2/c1-7-8-15-27(16-21-12-10-14-26(21)6)23(29)17-28(18(2)3)24(30)25-22-13-9-11-19(4)20(22)5/h9-14,18H,7-8,15-17H2,1-6H3,(H,25,30). The molecule has 6 heteroatoms. The van der Waals surface area contributed by atoms with E-state index in [9.17, 15) is 9.59 Å². The highest BCUT2D eigenvalue weighted by Crippen LogP contribution is 2.19. The van der Waals surface area contributed by atoms with E-state index in [0.717, 1.165) is 35.3 Å². The third-order valence-electron chi connectivity index (χ3n) is 5.57. The molecule has 2 aromatic rings. The van der Waals surface area contributed by atoms with Gasteiger partial charge in [-0.05, 0) is 63.4 Å². The van der Waals surface area contributed by atoms with Crippen LogP contribution in [0.5, 0.6) is 0 Å². The first kappa shape index (κ1) is 23.5. The number of anilines is 1. The third kappa shape index (κ3) is 6.12. The molecule has 0 aliphatic rings. The van der Waals surface area contributed by atoms with Crippen LogP contribution in [0.4, 0.5) is 10.5 Å². The fraction of sp³-hybridized carbons (Fsp3) is 0.500. The molecule has 30 heavy (non-hydrogen) atoms. The van der Waals surface area contributed by atoms with Crippen molar-refractivity contribution in [3.8, 4) is 0 Å². The molecule has 1 aromatic heterocycles. The smallest absolute Gasteiger partial charge is 0.322 e. The lowest BCUT2D eigenvalue weighted by molar-refractivity contribution is -0.132. The molecule has 0 aliphatic carbocycles. The lowest BCUT2D eigenvalue weighted by Crippen LogP contribution is -2.47. The minimum absolute atomic E-state index is 0.0329. The molecule has 164 valence electrons. The van der Waals surface area contributed by atoms with Gasteiger partial charge < -0.3 is 19.7 Å². The zero-order valence-corrected chi connectivity index (χ0v) is 19.2. The van der Waals surface area contributed by atoms with Gasteiger partial charge in [0.2, 0.25) is 5.91 Å². The number of nitrogens with one attached hydrogen (secondary N) is 1. The fourth-order valence-corrected chi connectivity index (χ4v) is 3.31. The van der Waals surface area contributed by atoms with Crippen LogP contribution >= 0.6 is 0 Å². The summed E-state index contributed by atoms with van der Waals surface area (Å²) in [5, 5.41) is 2.99. The Morgan fingerprint density at radius 1 is 1.13 bits per heavy atom. The maximum Gasteiger partial charge on any atom is 0.322 e. The summed E-state index contributed by atoms with van der Waals surface area (Å²) in [5.41, 5.74) is 4.02. The zero-order chi connectivity index (χ0) is 22.3. The molecule has 3 amide bonds. The summed E-state index contributed by atoms with van der Waals surface area (Å²) < 4.78 is 2.03. The monoisotopic (exact) mass is 412 g/mol. The van der Waals surface area contributed by atoms with Crippen molar-refractivity contribution in [1.29, 1.82) is 0 Å². The minimum atomic E-state index is -0.249. The number of aromatic nitrogens is 1. The van der Waals surface area contributed by atoms with Crippen molar-refractivity contribution in [3.05, 3.63) is 53.3 Å². The predicted octanol–water partition coefficient (Wildman–Crippen LogP) is 4.71. The van der Waals surface area contributed by atoms with Gasteiger partial charge in [-0.3, -0.25) is 4.79 Å². The Balaban J connectivity index is 2.13. The van der Waals surface area contributed by atoms with Crippen LogP contribution in [0.2, 0.25) is 0 Å². The number of amides is 3. The van der Waals surface area contributed by atoms with Gasteiger partial charge in [0.15, 0.2) is 0 Å². The van der Waals surface area contributed by atoms with Crippen molar-refractivity contribution in [2.75, 3.05) is 18.4 Å². The molecule has 0 bridgehead atoms. The number of nitrogens with zero attached hydrogens (tertiary/aromatic N) is 3. The molecule has 0 aliphatic heterocycles. The van der Waals surface area contributed by atoms with E-state index in [-0.39, 0.29) is 24.5 Å². The van der Waals surface area contributed by atoms with Gasteiger partial charge in [0.1, 0.15) is 6.54 Å². The van der Waals surface area contributed by atoms with Crippen LogP contribution in [0.15, 0.2) is 36.5 Å². The van der Waals surface area contributed by atoms with Crippen LogP contribution < -0.4 is 5.32 Å². The summed E-state index contributed by atoms with van der Waals surface area (Å²) in [6, 6.07) is 9.50. The summed E-state index contributed by atoms with van der Waals surface area (Å²) in [7, 11) is 1.98. The van der Waals surface area contributed by atoms with E-state index in [1.807, 2.05) is 80.7 Å². The van der Waals surface area contributed by atoms with Crippen molar-refractivity contribution in [3.63, 3.8) is 0 Å². The lowest BCUT2D eigenvalue weighted by Gasteiger charge is -2.30. The maximum atomic E-state index is 13.2. The van der Waals surface area contributed by atoms with E-state index in [1.165, 1.54) is 0 Å². The second-order valence-electron chi connectivity index (χ2n) is 8.18.